The zero-order valence-corrected chi connectivity index (χ0v) is 13.9. The van der Waals surface area contributed by atoms with Crippen molar-refractivity contribution in [3.63, 3.8) is 0 Å². The lowest BCUT2D eigenvalue weighted by atomic mass is 9.99. The molecule has 2 heterocycles. The van der Waals surface area contributed by atoms with E-state index in [0.29, 0.717) is 23.5 Å². The summed E-state index contributed by atoms with van der Waals surface area (Å²) in [5.41, 5.74) is 2.62. The van der Waals surface area contributed by atoms with Crippen LogP contribution in [0.4, 0.5) is 0 Å². The second kappa shape index (κ2) is 7.07. The molecule has 0 saturated carbocycles. The summed E-state index contributed by atoms with van der Waals surface area (Å²) < 4.78 is 0. The van der Waals surface area contributed by atoms with E-state index in [1.165, 1.54) is 6.08 Å². The Morgan fingerprint density at radius 2 is 2.05 bits per heavy atom. The number of carbonyl (C=O) groups is 1. The summed E-state index contributed by atoms with van der Waals surface area (Å²) in [4.78, 5) is 18.6. The standard InChI is InChI=1S/C16H26N4O2/c1-5-17-16-15(11(2)3)13(10-14(21)20(16)22)18-12-6-8-19(4)9-7-12/h10,12,18,22H,5-9H2,1-4H3. The van der Waals surface area contributed by atoms with Gasteiger partial charge >= 0.3 is 0 Å². The van der Waals surface area contributed by atoms with E-state index >= 15 is 0 Å². The van der Waals surface area contributed by atoms with Gasteiger partial charge in [0.15, 0.2) is 5.84 Å². The Kier molecular flexibility index (Phi) is 5.37. The molecule has 0 unspecified atom stereocenters. The molecule has 0 aliphatic carbocycles. The lowest BCUT2D eigenvalue weighted by molar-refractivity contribution is -0.143. The van der Waals surface area contributed by atoms with Crippen LogP contribution in [0, 0.1) is 0 Å². The normalized spacial score (nSPS) is 23.0. The van der Waals surface area contributed by atoms with Gasteiger partial charge in [-0.25, -0.2) is 0 Å². The zero-order valence-electron chi connectivity index (χ0n) is 13.9. The highest BCUT2D eigenvalue weighted by molar-refractivity contribution is 6.15. The van der Waals surface area contributed by atoms with Gasteiger partial charge in [0.25, 0.3) is 5.91 Å². The zero-order chi connectivity index (χ0) is 16.3. The van der Waals surface area contributed by atoms with Gasteiger partial charge in [0.05, 0.1) is 5.70 Å². The van der Waals surface area contributed by atoms with E-state index in [4.69, 9.17) is 0 Å². The van der Waals surface area contributed by atoms with Crippen LogP contribution in [0.3, 0.4) is 0 Å². The number of amides is 1. The van der Waals surface area contributed by atoms with Crippen LogP contribution in [0.1, 0.15) is 33.6 Å². The number of rotatable bonds is 3. The molecule has 2 N–H and O–H groups in total. The predicted molar refractivity (Wildman–Crippen MR) is 86.7 cm³/mol. The van der Waals surface area contributed by atoms with E-state index < -0.39 is 5.91 Å². The van der Waals surface area contributed by atoms with Crippen molar-refractivity contribution in [2.45, 2.75) is 39.7 Å². The summed E-state index contributed by atoms with van der Waals surface area (Å²) in [6.45, 7) is 8.42. The average molecular weight is 306 g/mol. The van der Waals surface area contributed by atoms with Crippen molar-refractivity contribution in [3.05, 3.63) is 22.9 Å². The van der Waals surface area contributed by atoms with E-state index in [9.17, 15) is 10.0 Å². The van der Waals surface area contributed by atoms with E-state index in [1.807, 2.05) is 20.8 Å². The molecule has 0 aromatic carbocycles. The number of nitrogens with zero attached hydrogens (tertiary/aromatic N) is 3. The summed E-state index contributed by atoms with van der Waals surface area (Å²) in [7, 11) is 2.12. The maximum atomic E-state index is 12.0. The Hall–Kier alpha value is -1.66. The Morgan fingerprint density at radius 3 is 2.59 bits per heavy atom. The number of likely N-dealkylation sites (tertiary alicyclic amines) is 1. The van der Waals surface area contributed by atoms with Gasteiger partial charge in [0, 0.05) is 24.2 Å². The third-order valence-electron chi connectivity index (χ3n) is 4.06. The lowest BCUT2D eigenvalue weighted by Crippen LogP contribution is -2.45. The van der Waals surface area contributed by atoms with Crippen molar-refractivity contribution in [2.75, 3.05) is 26.7 Å². The summed E-state index contributed by atoms with van der Waals surface area (Å²) in [5, 5.41) is 14.1. The molecule has 2 aliphatic rings. The first kappa shape index (κ1) is 16.7. The van der Waals surface area contributed by atoms with Crippen molar-refractivity contribution in [1.82, 2.24) is 15.3 Å². The maximum Gasteiger partial charge on any atom is 0.278 e. The molecule has 6 nitrogen and oxygen atoms in total. The highest BCUT2D eigenvalue weighted by Gasteiger charge is 2.30. The molecular formula is C16H26N4O2. The molecule has 0 radical (unpaired) electrons. The van der Waals surface area contributed by atoms with Crippen LogP contribution >= 0.6 is 0 Å². The minimum atomic E-state index is -0.451. The van der Waals surface area contributed by atoms with Crippen LogP contribution in [-0.2, 0) is 4.79 Å². The number of amidine groups is 1. The molecule has 2 rings (SSSR count). The first-order valence-electron chi connectivity index (χ1n) is 7.86. The van der Waals surface area contributed by atoms with Gasteiger partial charge in [-0.2, -0.15) is 5.06 Å². The largest absolute Gasteiger partial charge is 0.381 e. The van der Waals surface area contributed by atoms with Gasteiger partial charge < -0.3 is 10.2 Å². The Bertz CT molecular complexity index is 524. The van der Waals surface area contributed by atoms with E-state index in [-0.39, 0.29) is 0 Å². The first-order chi connectivity index (χ1) is 10.4. The van der Waals surface area contributed by atoms with E-state index in [0.717, 1.165) is 42.8 Å². The summed E-state index contributed by atoms with van der Waals surface area (Å²) in [6, 6.07) is 0.345. The number of aliphatic imine (C=N–C) groups is 1. The molecule has 22 heavy (non-hydrogen) atoms. The SMILES string of the molecule is CCN=C1C(=C(C)C)C(NC2CCN(C)CC2)=CC(=O)N1O. The fourth-order valence-electron chi connectivity index (χ4n) is 2.86. The molecule has 1 saturated heterocycles. The Labute approximate surface area is 132 Å². The van der Waals surface area contributed by atoms with Crippen LogP contribution < -0.4 is 5.32 Å². The second-order valence-corrected chi connectivity index (χ2v) is 6.10. The van der Waals surface area contributed by atoms with Crippen LogP contribution in [0.15, 0.2) is 27.9 Å². The molecule has 0 aromatic heterocycles. The van der Waals surface area contributed by atoms with Crippen LogP contribution in [0.25, 0.3) is 0 Å². The smallest absolute Gasteiger partial charge is 0.278 e. The molecule has 0 spiro atoms. The number of hydrogen-bond acceptors (Lipinski definition) is 5. The molecule has 6 heteroatoms. The van der Waals surface area contributed by atoms with Gasteiger partial charge in [-0.15, -0.1) is 0 Å². The van der Waals surface area contributed by atoms with Crippen molar-refractivity contribution < 1.29 is 10.0 Å². The quantitative estimate of drug-likeness (QED) is 0.776. The number of allylic oxidation sites excluding steroid dienone is 1. The number of hydroxylamine groups is 2. The highest BCUT2D eigenvalue weighted by atomic mass is 16.5. The molecule has 0 atom stereocenters. The molecule has 0 aromatic rings. The number of hydrogen-bond donors (Lipinski definition) is 2. The second-order valence-electron chi connectivity index (χ2n) is 6.10. The average Bonchev–Trinajstić information content (AvgIpc) is 2.46. The maximum absolute atomic E-state index is 12.0. The lowest BCUT2D eigenvalue weighted by Gasteiger charge is -2.33. The number of carbonyl (C=O) groups excluding carboxylic acids is 1. The third kappa shape index (κ3) is 3.56. The molecule has 1 fully saturated rings. The van der Waals surface area contributed by atoms with Gasteiger partial charge in [0.2, 0.25) is 0 Å². The minimum absolute atomic E-state index is 0.338. The molecular weight excluding hydrogens is 280 g/mol. The predicted octanol–water partition coefficient (Wildman–Crippen LogP) is 1.54. The topological polar surface area (TPSA) is 68.2 Å². The van der Waals surface area contributed by atoms with E-state index in [2.05, 4.69) is 22.3 Å². The highest BCUT2D eigenvalue weighted by Crippen LogP contribution is 2.23. The monoisotopic (exact) mass is 306 g/mol. The van der Waals surface area contributed by atoms with Crippen molar-refractivity contribution in [2.24, 2.45) is 4.99 Å². The molecule has 2 aliphatic heterocycles. The van der Waals surface area contributed by atoms with Crippen molar-refractivity contribution >= 4 is 11.7 Å². The van der Waals surface area contributed by atoms with E-state index in [1.54, 1.807) is 0 Å². The van der Waals surface area contributed by atoms with Gasteiger partial charge in [0.1, 0.15) is 0 Å². The third-order valence-corrected chi connectivity index (χ3v) is 4.06. The molecule has 0 bridgehead atoms. The summed E-state index contributed by atoms with van der Waals surface area (Å²) in [6.07, 6.45) is 3.55. The fraction of sp³-hybridized carbons (Fsp3) is 0.625. The minimum Gasteiger partial charge on any atom is -0.381 e. The van der Waals surface area contributed by atoms with Crippen molar-refractivity contribution in [1.29, 1.82) is 0 Å². The fourth-order valence-corrected chi connectivity index (χ4v) is 2.86. The van der Waals surface area contributed by atoms with Gasteiger partial charge in [-0.05, 0) is 53.8 Å². The Morgan fingerprint density at radius 1 is 1.41 bits per heavy atom. The van der Waals surface area contributed by atoms with Crippen LogP contribution in [0.5, 0.6) is 0 Å². The first-order valence-corrected chi connectivity index (χ1v) is 7.86. The van der Waals surface area contributed by atoms with Crippen molar-refractivity contribution in [3.8, 4) is 0 Å². The number of nitrogens with one attached hydrogen (secondary N) is 1. The summed E-state index contributed by atoms with van der Waals surface area (Å²) >= 11 is 0. The van der Waals surface area contributed by atoms with Crippen LogP contribution in [-0.4, -0.2) is 59.6 Å². The Balaban J connectivity index is 2.28. The summed E-state index contributed by atoms with van der Waals surface area (Å²) in [5.74, 6) is -0.113. The molecule has 1 amide bonds. The van der Waals surface area contributed by atoms with Gasteiger partial charge in [-0.3, -0.25) is 15.0 Å². The van der Waals surface area contributed by atoms with Crippen LogP contribution in [0.2, 0.25) is 0 Å². The number of piperidine rings is 1. The molecule has 122 valence electrons. The van der Waals surface area contributed by atoms with Gasteiger partial charge in [-0.1, -0.05) is 5.57 Å².